The number of rotatable bonds is 5. The maximum absolute atomic E-state index is 5.16. The molecule has 0 bridgehead atoms. The minimum atomic E-state index is 0.537. The minimum Gasteiger partial charge on any atom is -0.383 e. The van der Waals surface area contributed by atoms with Crippen LogP contribution in [0.3, 0.4) is 0 Å². The van der Waals surface area contributed by atoms with E-state index in [9.17, 15) is 0 Å². The summed E-state index contributed by atoms with van der Waals surface area (Å²) < 4.78 is 9.59. The number of aryl methyl sites for hydroxylation is 1. The summed E-state index contributed by atoms with van der Waals surface area (Å²) >= 11 is 1.79. The van der Waals surface area contributed by atoms with Crippen molar-refractivity contribution < 1.29 is 4.74 Å². The molecule has 0 N–H and O–H groups in total. The van der Waals surface area contributed by atoms with Crippen LogP contribution >= 0.6 is 11.9 Å². The first-order valence-corrected chi connectivity index (χ1v) is 7.59. The molecule has 2 aliphatic rings. The number of likely N-dealkylation sites (tertiary alicyclic amines) is 1. The molecule has 3 rings (SSSR count). The monoisotopic (exact) mass is 282 g/mol. The Morgan fingerprint density at radius 3 is 2.95 bits per heavy atom. The summed E-state index contributed by atoms with van der Waals surface area (Å²) in [5, 5.41) is 1.10. The number of hydrogen-bond donors (Lipinski definition) is 0. The molecule has 0 radical (unpaired) electrons. The molecule has 5 nitrogen and oxygen atoms in total. The number of nitrogens with zero attached hydrogens (tertiary/aromatic N) is 4. The van der Waals surface area contributed by atoms with Gasteiger partial charge in [0.15, 0.2) is 0 Å². The van der Waals surface area contributed by atoms with Gasteiger partial charge in [-0.05, 0) is 24.9 Å². The maximum atomic E-state index is 5.16. The van der Waals surface area contributed by atoms with Gasteiger partial charge < -0.3 is 14.2 Å². The number of imidazole rings is 1. The molecule has 1 aromatic rings. The third kappa shape index (κ3) is 2.97. The molecule has 0 saturated carbocycles. The van der Waals surface area contributed by atoms with E-state index < -0.39 is 0 Å². The third-order valence-corrected chi connectivity index (χ3v) is 4.97. The number of methoxy groups -OCH3 is 1. The zero-order valence-electron chi connectivity index (χ0n) is 11.7. The van der Waals surface area contributed by atoms with Crippen LogP contribution in [0, 0.1) is 5.41 Å². The Kier molecular flexibility index (Phi) is 3.84. The smallest absolute Gasteiger partial charge is 0.129 e. The molecule has 0 unspecified atom stereocenters. The van der Waals surface area contributed by atoms with Crippen molar-refractivity contribution >= 4 is 11.9 Å². The normalized spacial score (nSPS) is 23.1. The first-order valence-electron chi connectivity index (χ1n) is 6.81. The van der Waals surface area contributed by atoms with Gasteiger partial charge in [-0.15, -0.1) is 0 Å². The Hall–Kier alpha value is -0.560. The van der Waals surface area contributed by atoms with E-state index in [2.05, 4.69) is 20.4 Å². The second-order valence-corrected chi connectivity index (χ2v) is 6.90. The first-order chi connectivity index (χ1) is 9.19. The quantitative estimate of drug-likeness (QED) is 0.755. The van der Waals surface area contributed by atoms with Crippen LogP contribution in [0.5, 0.6) is 0 Å². The van der Waals surface area contributed by atoms with E-state index in [0.29, 0.717) is 5.41 Å². The van der Waals surface area contributed by atoms with Crippen molar-refractivity contribution in [2.24, 2.45) is 12.5 Å². The van der Waals surface area contributed by atoms with Crippen LogP contribution in [0.4, 0.5) is 0 Å². The lowest BCUT2D eigenvalue weighted by Gasteiger charge is -2.46. The Morgan fingerprint density at radius 1 is 1.42 bits per heavy atom. The van der Waals surface area contributed by atoms with Gasteiger partial charge in [0.05, 0.1) is 12.9 Å². The number of ether oxygens (including phenoxy) is 1. The Labute approximate surface area is 119 Å². The van der Waals surface area contributed by atoms with Crippen molar-refractivity contribution in [1.29, 1.82) is 0 Å². The first kappa shape index (κ1) is 13.4. The minimum absolute atomic E-state index is 0.537. The fourth-order valence-corrected chi connectivity index (χ4v) is 4.28. The molecule has 1 aromatic heterocycles. The average Bonchev–Trinajstić information content (AvgIpc) is 2.93. The van der Waals surface area contributed by atoms with Gasteiger partial charge in [0.1, 0.15) is 5.03 Å². The molecule has 2 saturated heterocycles. The van der Waals surface area contributed by atoms with Crippen LogP contribution in [-0.4, -0.2) is 65.2 Å². The van der Waals surface area contributed by atoms with E-state index in [0.717, 1.165) is 18.2 Å². The van der Waals surface area contributed by atoms with Gasteiger partial charge in [0.2, 0.25) is 0 Å². The average molecular weight is 282 g/mol. The second kappa shape index (κ2) is 5.44. The number of aromatic nitrogens is 2. The highest BCUT2D eigenvalue weighted by atomic mass is 32.2. The Morgan fingerprint density at radius 2 is 2.26 bits per heavy atom. The Bertz CT molecular complexity index is 430. The third-order valence-electron chi connectivity index (χ3n) is 4.06. The molecule has 0 atom stereocenters. The number of hydrogen-bond acceptors (Lipinski definition) is 5. The predicted octanol–water partition coefficient (Wildman–Crippen LogP) is 1.08. The van der Waals surface area contributed by atoms with Gasteiger partial charge >= 0.3 is 0 Å². The van der Waals surface area contributed by atoms with E-state index in [4.69, 9.17) is 4.74 Å². The summed E-state index contributed by atoms with van der Waals surface area (Å²) in [5.41, 5.74) is 0.537. The lowest BCUT2D eigenvalue weighted by molar-refractivity contribution is 0.0811. The van der Waals surface area contributed by atoms with Gasteiger partial charge in [-0.25, -0.2) is 9.29 Å². The molecule has 3 heterocycles. The summed E-state index contributed by atoms with van der Waals surface area (Å²) in [6.45, 7) is 6.77. The molecular formula is C13H22N4OS. The van der Waals surface area contributed by atoms with Gasteiger partial charge in [-0.1, -0.05) is 0 Å². The summed E-state index contributed by atoms with van der Waals surface area (Å²) in [6, 6.07) is 0. The maximum Gasteiger partial charge on any atom is 0.129 e. The zero-order chi connectivity index (χ0) is 13.3. The van der Waals surface area contributed by atoms with Crippen molar-refractivity contribution in [3.8, 4) is 0 Å². The van der Waals surface area contributed by atoms with Crippen molar-refractivity contribution in [2.45, 2.75) is 11.4 Å². The van der Waals surface area contributed by atoms with Crippen molar-refractivity contribution in [3.05, 3.63) is 12.5 Å². The van der Waals surface area contributed by atoms with Crippen LogP contribution in [0.25, 0.3) is 0 Å². The molecule has 2 aliphatic heterocycles. The van der Waals surface area contributed by atoms with Crippen LogP contribution in [-0.2, 0) is 11.8 Å². The summed E-state index contributed by atoms with van der Waals surface area (Å²) in [6.07, 6.45) is 5.27. The van der Waals surface area contributed by atoms with Crippen LogP contribution in [0.15, 0.2) is 17.6 Å². The SMILES string of the molecule is COCCN1CCC2(C1)CN(Sc1cn(C)cn1)C2. The molecule has 6 heteroatoms. The van der Waals surface area contributed by atoms with E-state index in [1.165, 1.54) is 32.6 Å². The zero-order valence-corrected chi connectivity index (χ0v) is 12.5. The van der Waals surface area contributed by atoms with Crippen LogP contribution in [0.1, 0.15) is 6.42 Å². The lowest BCUT2D eigenvalue weighted by Crippen LogP contribution is -2.54. The molecule has 2 fully saturated rings. The fourth-order valence-electron chi connectivity index (χ4n) is 3.03. The highest BCUT2D eigenvalue weighted by Crippen LogP contribution is 2.43. The van der Waals surface area contributed by atoms with Crippen LogP contribution < -0.4 is 0 Å². The molecule has 0 aliphatic carbocycles. The standard InChI is InChI=1S/C13H22N4OS/c1-15-7-12(14-11-15)19-17-9-13(10-17)3-4-16(8-13)5-6-18-2/h7,11H,3-6,8-10H2,1-2H3. The topological polar surface area (TPSA) is 33.5 Å². The fraction of sp³-hybridized carbons (Fsp3) is 0.769. The predicted molar refractivity (Wildman–Crippen MR) is 76.0 cm³/mol. The van der Waals surface area contributed by atoms with Crippen LogP contribution in [0.2, 0.25) is 0 Å². The summed E-state index contributed by atoms with van der Waals surface area (Å²) in [4.78, 5) is 6.90. The highest BCUT2D eigenvalue weighted by Gasteiger charge is 2.47. The molecule has 19 heavy (non-hydrogen) atoms. The highest BCUT2D eigenvalue weighted by molar-refractivity contribution is 7.97. The van der Waals surface area contributed by atoms with E-state index >= 15 is 0 Å². The Balaban J connectivity index is 1.45. The molecule has 106 valence electrons. The van der Waals surface area contributed by atoms with E-state index in [-0.39, 0.29) is 0 Å². The summed E-state index contributed by atoms with van der Waals surface area (Å²) in [5.74, 6) is 0. The molecular weight excluding hydrogens is 260 g/mol. The van der Waals surface area contributed by atoms with Crippen molar-refractivity contribution in [1.82, 2.24) is 18.8 Å². The van der Waals surface area contributed by atoms with Crippen molar-refractivity contribution in [2.75, 3.05) is 46.4 Å². The van der Waals surface area contributed by atoms with Gasteiger partial charge in [0, 0.05) is 51.9 Å². The lowest BCUT2D eigenvalue weighted by atomic mass is 9.81. The van der Waals surface area contributed by atoms with E-state index in [1.807, 2.05) is 17.9 Å². The summed E-state index contributed by atoms with van der Waals surface area (Å²) in [7, 11) is 3.79. The van der Waals surface area contributed by atoms with Gasteiger partial charge in [0.25, 0.3) is 0 Å². The molecule has 1 spiro atoms. The van der Waals surface area contributed by atoms with E-state index in [1.54, 1.807) is 19.1 Å². The van der Waals surface area contributed by atoms with Gasteiger partial charge in [-0.3, -0.25) is 0 Å². The van der Waals surface area contributed by atoms with Gasteiger partial charge in [-0.2, -0.15) is 0 Å². The second-order valence-electron chi connectivity index (χ2n) is 5.79. The largest absolute Gasteiger partial charge is 0.383 e. The van der Waals surface area contributed by atoms with Crippen molar-refractivity contribution in [3.63, 3.8) is 0 Å². The molecule has 0 amide bonds. The molecule has 0 aromatic carbocycles.